The standard InChI is InChI=1S/C26H38N4O2S/c1-18(2)21-6-7-22(29-16-21)26(32)30-13-9-19(10-14-30)5-3-4-11-28-25(31)23-15-20-8-12-27-17-24(20)33-23/h8,12,15,17-19,21-22,29H,3-7,9-11,13-14,16H2,1-2H3,(H,28,31). The Morgan fingerprint density at radius 3 is 2.73 bits per heavy atom. The molecule has 2 aliphatic heterocycles. The van der Waals surface area contributed by atoms with E-state index in [9.17, 15) is 9.59 Å². The predicted octanol–water partition coefficient (Wildman–Crippen LogP) is 4.46. The third-order valence-corrected chi connectivity index (χ3v) is 8.58. The van der Waals surface area contributed by atoms with Crippen molar-refractivity contribution < 1.29 is 9.59 Å². The second kappa shape index (κ2) is 11.4. The zero-order chi connectivity index (χ0) is 23.2. The Hall–Kier alpha value is -1.99. The number of likely N-dealkylation sites (tertiary alicyclic amines) is 1. The maximum absolute atomic E-state index is 12.9. The number of pyridine rings is 1. The minimum absolute atomic E-state index is 0.0130. The van der Waals surface area contributed by atoms with Gasteiger partial charge < -0.3 is 15.5 Å². The van der Waals surface area contributed by atoms with Crippen molar-refractivity contribution in [2.75, 3.05) is 26.2 Å². The third kappa shape index (κ3) is 6.33. The number of aromatic nitrogens is 1. The number of rotatable bonds is 8. The van der Waals surface area contributed by atoms with Crippen LogP contribution in [0.2, 0.25) is 0 Å². The lowest BCUT2D eigenvalue weighted by molar-refractivity contribution is -0.135. The van der Waals surface area contributed by atoms with Gasteiger partial charge in [-0.15, -0.1) is 11.3 Å². The van der Waals surface area contributed by atoms with Crippen LogP contribution in [0.25, 0.3) is 10.1 Å². The van der Waals surface area contributed by atoms with E-state index in [-0.39, 0.29) is 11.9 Å². The van der Waals surface area contributed by atoms with Crippen LogP contribution in [0.15, 0.2) is 24.5 Å². The maximum atomic E-state index is 12.9. The zero-order valence-electron chi connectivity index (χ0n) is 20.0. The molecular weight excluding hydrogens is 432 g/mol. The molecule has 4 rings (SSSR count). The second-order valence-corrected chi connectivity index (χ2v) is 11.2. The van der Waals surface area contributed by atoms with Gasteiger partial charge in [-0.3, -0.25) is 14.6 Å². The highest BCUT2D eigenvalue weighted by molar-refractivity contribution is 7.20. The predicted molar refractivity (Wildman–Crippen MR) is 134 cm³/mol. The second-order valence-electron chi connectivity index (χ2n) is 10.1. The molecule has 2 aromatic rings. The molecule has 0 aliphatic carbocycles. The molecule has 4 heterocycles. The Morgan fingerprint density at radius 1 is 1.21 bits per heavy atom. The van der Waals surface area contributed by atoms with Crippen LogP contribution in [-0.2, 0) is 4.79 Å². The van der Waals surface area contributed by atoms with Gasteiger partial charge in [-0.05, 0) is 73.9 Å². The molecule has 2 aliphatic rings. The number of carbonyl (C=O) groups excluding carboxylic acids is 2. The van der Waals surface area contributed by atoms with Crippen molar-refractivity contribution in [2.45, 2.75) is 64.8 Å². The minimum Gasteiger partial charge on any atom is -0.351 e. The van der Waals surface area contributed by atoms with Gasteiger partial charge in [0.25, 0.3) is 5.91 Å². The van der Waals surface area contributed by atoms with Gasteiger partial charge in [-0.2, -0.15) is 0 Å². The number of fused-ring (bicyclic) bond motifs is 1. The molecular formula is C26H38N4O2S. The molecule has 0 bridgehead atoms. The quantitative estimate of drug-likeness (QED) is 0.559. The topological polar surface area (TPSA) is 74.3 Å². The molecule has 0 aromatic carbocycles. The lowest BCUT2D eigenvalue weighted by Gasteiger charge is -2.37. The van der Waals surface area contributed by atoms with E-state index in [0.29, 0.717) is 30.2 Å². The van der Waals surface area contributed by atoms with Gasteiger partial charge in [0.05, 0.1) is 15.6 Å². The first-order chi connectivity index (χ1) is 16.0. The Labute approximate surface area is 201 Å². The van der Waals surface area contributed by atoms with Crippen molar-refractivity contribution in [3.63, 3.8) is 0 Å². The van der Waals surface area contributed by atoms with Gasteiger partial charge in [0.15, 0.2) is 0 Å². The summed E-state index contributed by atoms with van der Waals surface area (Å²) >= 11 is 1.49. The number of nitrogens with one attached hydrogen (secondary N) is 2. The number of carbonyl (C=O) groups is 2. The summed E-state index contributed by atoms with van der Waals surface area (Å²) in [4.78, 5) is 32.2. The third-order valence-electron chi connectivity index (χ3n) is 7.49. The Bertz CT molecular complexity index is 894. The fourth-order valence-corrected chi connectivity index (χ4v) is 6.11. The first kappa shape index (κ1) is 24.1. The smallest absolute Gasteiger partial charge is 0.261 e. The van der Waals surface area contributed by atoms with Crippen LogP contribution >= 0.6 is 11.3 Å². The molecule has 2 amide bonds. The summed E-state index contributed by atoms with van der Waals surface area (Å²) in [5.74, 6) is 2.41. The summed E-state index contributed by atoms with van der Waals surface area (Å²) < 4.78 is 1.05. The van der Waals surface area contributed by atoms with E-state index in [1.807, 2.05) is 18.3 Å². The van der Waals surface area contributed by atoms with Gasteiger partial charge in [0.1, 0.15) is 0 Å². The molecule has 180 valence electrons. The summed E-state index contributed by atoms with van der Waals surface area (Å²) in [6, 6.07) is 3.91. The first-order valence-corrected chi connectivity index (χ1v) is 13.5. The van der Waals surface area contributed by atoms with E-state index < -0.39 is 0 Å². The Balaban J connectivity index is 1.09. The Kier molecular flexibility index (Phi) is 8.36. The molecule has 0 radical (unpaired) electrons. The van der Waals surface area contributed by atoms with Crippen LogP contribution in [-0.4, -0.2) is 53.9 Å². The van der Waals surface area contributed by atoms with E-state index in [1.54, 1.807) is 6.20 Å². The zero-order valence-corrected chi connectivity index (χ0v) is 20.8. The van der Waals surface area contributed by atoms with Crippen molar-refractivity contribution in [2.24, 2.45) is 17.8 Å². The SMILES string of the molecule is CC(C)C1CCC(C(=O)N2CCC(CCCCNC(=O)c3cc4ccncc4s3)CC2)NC1. The monoisotopic (exact) mass is 470 g/mol. The molecule has 6 nitrogen and oxygen atoms in total. The lowest BCUT2D eigenvalue weighted by Crippen LogP contribution is -2.52. The van der Waals surface area contributed by atoms with Crippen LogP contribution in [0, 0.1) is 17.8 Å². The van der Waals surface area contributed by atoms with Gasteiger partial charge in [-0.1, -0.05) is 26.7 Å². The molecule has 2 fully saturated rings. The molecule has 2 N–H and O–H groups in total. The minimum atomic E-state index is 0.0130. The van der Waals surface area contributed by atoms with Crippen LogP contribution in [0.1, 0.15) is 68.5 Å². The van der Waals surface area contributed by atoms with Crippen LogP contribution in [0.4, 0.5) is 0 Å². The number of thiophene rings is 1. The largest absolute Gasteiger partial charge is 0.351 e. The van der Waals surface area contributed by atoms with Gasteiger partial charge in [0.2, 0.25) is 5.91 Å². The number of hydrogen-bond acceptors (Lipinski definition) is 5. The number of unbranched alkanes of at least 4 members (excludes halogenated alkanes) is 1. The van der Waals surface area contributed by atoms with Crippen molar-refractivity contribution in [1.29, 1.82) is 0 Å². The van der Waals surface area contributed by atoms with Crippen LogP contribution < -0.4 is 10.6 Å². The molecule has 2 saturated heterocycles. The average Bonchev–Trinajstić information content (AvgIpc) is 3.28. The highest BCUT2D eigenvalue weighted by atomic mass is 32.1. The van der Waals surface area contributed by atoms with Crippen molar-refractivity contribution in [3.05, 3.63) is 29.4 Å². The normalized spacial score (nSPS) is 22.1. The first-order valence-electron chi connectivity index (χ1n) is 12.6. The molecule has 2 aromatic heterocycles. The van der Waals surface area contributed by atoms with E-state index in [2.05, 4.69) is 34.4 Å². The average molecular weight is 471 g/mol. The summed E-state index contributed by atoms with van der Waals surface area (Å²) in [5.41, 5.74) is 0. The molecule has 2 atom stereocenters. The number of hydrogen-bond donors (Lipinski definition) is 2. The summed E-state index contributed by atoms with van der Waals surface area (Å²) in [7, 11) is 0. The van der Waals surface area contributed by atoms with E-state index >= 15 is 0 Å². The van der Waals surface area contributed by atoms with E-state index in [4.69, 9.17) is 0 Å². The molecule has 33 heavy (non-hydrogen) atoms. The number of amides is 2. The Morgan fingerprint density at radius 2 is 2.03 bits per heavy atom. The van der Waals surface area contributed by atoms with Gasteiger partial charge >= 0.3 is 0 Å². The summed E-state index contributed by atoms with van der Waals surface area (Å²) in [6.45, 7) is 8.03. The number of piperidine rings is 2. The highest BCUT2D eigenvalue weighted by Gasteiger charge is 2.31. The highest BCUT2D eigenvalue weighted by Crippen LogP contribution is 2.26. The fraction of sp³-hybridized carbons (Fsp3) is 0.654. The number of nitrogens with zero attached hydrogens (tertiary/aromatic N) is 2. The fourth-order valence-electron chi connectivity index (χ4n) is 5.16. The molecule has 0 spiro atoms. The van der Waals surface area contributed by atoms with E-state index in [0.717, 1.165) is 73.1 Å². The lowest BCUT2D eigenvalue weighted by atomic mass is 9.85. The molecule has 0 saturated carbocycles. The molecule has 7 heteroatoms. The van der Waals surface area contributed by atoms with Crippen molar-refractivity contribution in [1.82, 2.24) is 20.5 Å². The van der Waals surface area contributed by atoms with Crippen molar-refractivity contribution in [3.8, 4) is 0 Å². The van der Waals surface area contributed by atoms with Crippen molar-refractivity contribution >= 4 is 33.2 Å². The van der Waals surface area contributed by atoms with Gasteiger partial charge in [0, 0.05) is 32.0 Å². The maximum Gasteiger partial charge on any atom is 0.261 e. The van der Waals surface area contributed by atoms with Crippen LogP contribution in [0.5, 0.6) is 0 Å². The van der Waals surface area contributed by atoms with Crippen LogP contribution in [0.3, 0.4) is 0 Å². The summed E-state index contributed by atoms with van der Waals surface area (Å²) in [5, 5.41) is 7.64. The van der Waals surface area contributed by atoms with E-state index in [1.165, 1.54) is 17.8 Å². The van der Waals surface area contributed by atoms with Gasteiger partial charge in [-0.25, -0.2) is 0 Å². The summed E-state index contributed by atoms with van der Waals surface area (Å²) in [6.07, 6.45) is 11.2. The molecule has 2 unspecified atom stereocenters.